The van der Waals surface area contributed by atoms with Crippen LogP contribution in [0.1, 0.15) is 32.2 Å². The monoisotopic (exact) mass is 550 g/mol. The highest BCUT2D eigenvalue weighted by molar-refractivity contribution is 9.10. The number of nitro benzene ring substituents is 1. The Morgan fingerprint density at radius 1 is 1.35 bits per heavy atom. The molecule has 178 valence electrons. The molecule has 3 aromatic rings. The van der Waals surface area contributed by atoms with Crippen molar-refractivity contribution in [1.29, 1.82) is 0 Å². The van der Waals surface area contributed by atoms with Gasteiger partial charge in [-0.2, -0.15) is 9.78 Å². The molecule has 1 heterocycles. The number of nitrogens with zero attached hydrogens (tertiary/aromatic N) is 4. The number of carbonyl (C=O) groups excluding carboxylic acids is 1. The van der Waals surface area contributed by atoms with Crippen molar-refractivity contribution in [2.24, 2.45) is 5.10 Å². The molecule has 0 bridgehead atoms. The molecule has 3 rings (SSSR count). The van der Waals surface area contributed by atoms with E-state index in [1.807, 2.05) is 6.92 Å². The summed E-state index contributed by atoms with van der Waals surface area (Å²) in [5.41, 5.74) is -0.0690. The third-order valence-corrected chi connectivity index (χ3v) is 5.44. The summed E-state index contributed by atoms with van der Waals surface area (Å²) in [5.74, 6) is -0.534. The van der Waals surface area contributed by atoms with Gasteiger partial charge in [0.25, 0.3) is 5.56 Å². The van der Waals surface area contributed by atoms with Gasteiger partial charge in [0.2, 0.25) is 5.75 Å². The second kappa shape index (κ2) is 10.7. The summed E-state index contributed by atoms with van der Waals surface area (Å²) in [5, 5.41) is 16.1. The fourth-order valence-corrected chi connectivity index (χ4v) is 3.71. The van der Waals surface area contributed by atoms with Gasteiger partial charge >= 0.3 is 11.7 Å². The Labute approximate surface area is 207 Å². The summed E-state index contributed by atoms with van der Waals surface area (Å²) >= 11 is 9.58. The van der Waals surface area contributed by atoms with Gasteiger partial charge in [0.15, 0.2) is 6.10 Å². The zero-order valence-corrected chi connectivity index (χ0v) is 20.8. The first-order chi connectivity index (χ1) is 16.2. The molecule has 0 aliphatic rings. The minimum atomic E-state index is -1.11. The average molecular weight is 552 g/mol. The fraction of sp³-hybridized carbons (Fsp3) is 0.273. The maximum absolute atomic E-state index is 13.0. The van der Waals surface area contributed by atoms with Crippen LogP contribution in [0.4, 0.5) is 5.69 Å². The van der Waals surface area contributed by atoms with Crippen LogP contribution >= 0.6 is 27.5 Å². The van der Waals surface area contributed by atoms with Gasteiger partial charge in [0.1, 0.15) is 5.82 Å². The van der Waals surface area contributed by atoms with Crippen LogP contribution in [0.3, 0.4) is 0 Å². The number of hydrogen-bond acceptors (Lipinski definition) is 8. The van der Waals surface area contributed by atoms with Crippen LogP contribution in [-0.2, 0) is 16.0 Å². The van der Waals surface area contributed by atoms with Crippen molar-refractivity contribution in [3.05, 3.63) is 71.7 Å². The molecule has 34 heavy (non-hydrogen) atoms. The van der Waals surface area contributed by atoms with Crippen LogP contribution in [0.5, 0.6) is 5.75 Å². The molecule has 2 aromatic carbocycles. The van der Waals surface area contributed by atoms with E-state index in [1.54, 1.807) is 25.1 Å². The number of carbonyl (C=O) groups is 1. The summed E-state index contributed by atoms with van der Waals surface area (Å²) in [7, 11) is 0. The molecule has 12 heteroatoms. The molecular weight excluding hydrogens is 532 g/mol. The minimum Gasteiger partial charge on any atom is -0.471 e. The lowest BCUT2D eigenvalue weighted by atomic mass is 10.2. The van der Waals surface area contributed by atoms with Crippen molar-refractivity contribution >= 4 is 56.3 Å². The van der Waals surface area contributed by atoms with E-state index < -0.39 is 22.7 Å². The molecular formula is C22H20BrClN4O6. The van der Waals surface area contributed by atoms with E-state index in [1.165, 1.54) is 25.3 Å². The fourth-order valence-electron chi connectivity index (χ4n) is 3.08. The molecule has 0 N–H and O–H groups in total. The van der Waals surface area contributed by atoms with Crippen molar-refractivity contribution in [2.75, 3.05) is 6.61 Å². The predicted molar refractivity (Wildman–Crippen MR) is 131 cm³/mol. The highest BCUT2D eigenvalue weighted by Gasteiger charge is 2.25. The van der Waals surface area contributed by atoms with Crippen molar-refractivity contribution in [3.63, 3.8) is 0 Å². The van der Waals surface area contributed by atoms with Gasteiger partial charge in [-0.3, -0.25) is 14.9 Å². The molecule has 0 saturated carbocycles. The van der Waals surface area contributed by atoms with E-state index in [4.69, 9.17) is 21.1 Å². The molecule has 0 spiro atoms. The van der Waals surface area contributed by atoms with Gasteiger partial charge in [-0.15, -0.1) is 0 Å². The standard InChI is InChI=1S/C22H20BrClN4O6/c1-4-19-26-17-7-6-14(23)10-15(17)21(29)27(19)25-11-13-8-16(24)20(18(9-13)28(31)32)34-12(3)22(30)33-5-2/h6-12H,4-5H2,1-3H3/t12-/m1/s1. The molecule has 0 radical (unpaired) electrons. The number of benzene rings is 2. The van der Waals surface area contributed by atoms with Gasteiger partial charge in [0.05, 0.1) is 33.7 Å². The number of hydrogen-bond donors (Lipinski definition) is 0. The smallest absolute Gasteiger partial charge is 0.347 e. The number of fused-ring (bicyclic) bond motifs is 1. The number of aryl methyl sites for hydroxylation is 1. The second-order valence-corrected chi connectivity index (χ2v) is 8.35. The maximum Gasteiger partial charge on any atom is 0.347 e. The number of ether oxygens (including phenoxy) is 2. The van der Waals surface area contributed by atoms with Crippen molar-refractivity contribution < 1.29 is 19.2 Å². The van der Waals surface area contributed by atoms with Gasteiger partial charge in [-0.25, -0.2) is 9.78 Å². The zero-order valence-electron chi connectivity index (χ0n) is 18.4. The summed E-state index contributed by atoms with van der Waals surface area (Å²) in [6, 6.07) is 7.73. The third-order valence-electron chi connectivity index (χ3n) is 4.67. The number of rotatable bonds is 8. The van der Waals surface area contributed by atoms with Crippen molar-refractivity contribution in [2.45, 2.75) is 33.3 Å². The average Bonchev–Trinajstić information content (AvgIpc) is 2.79. The topological polar surface area (TPSA) is 126 Å². The van der Waals surface area contributed by atoms with Gasteiger partial charge in [-0.05, 0) is 38.1 Å². The molecule has 0 saturated heterocycles. The van der Waals surface area contributed by atoms with Gasteiger partial charge in [0, 0.05) is 22.5 Å². The van der Waals surface area contributed by atoms with E-state index >= 15 is 0 Å². The van der Waals surface area contributed by atoms with Crippen LogP contribution < -0.4 is 10.3 Å². The molecule has 0 aliphatic heterocycles. The van der Waals surface area contributed by atoms with Crippen LogP contribution in [0, 0.1) is 10.1 Å². The van der Waals surface area contributed by atoms with Crippen LogP contribution in [-0.4, -0.2) is 39.5 Å². The Balaban J connectivity index is 2.03. The molecule has 0 amide bonds. The lowest BCUT2D eigenvalue weighted by molar-refractivity contribution is -0.386. The van der Waals surface area contributed by atoms with Gasteiger partial charge in [-0.1, -0.05) is 34.5 Å². The highest BCUT2D eigenvalue weighted by atomic mass is 79.9. The first-order valence-corrected chi connectivity index (χ1v) is 11.4. The van der Waals surface area contributed by atoms with Gasteiger partial charge < -0.3 is 9.47 Å². The number of esters is 1. The van der Waals surface area contributed by atoms with E-state index in [0.29, 0.717) is 27.6 Å². The second-order valence-electron chi connectivity index (χ2n) is 7.02. The minimum absolute atomic E-state index is 0.101. The summed E-state index contributed by atoms with van der Waals surface area (Å²) in [4.78, 5) is 40.3. The lowest BCUT2D eigenvalue weighted by Crippen LogP contribution is -2.26. The Morgan fingerprint density at radius 2 is 2.09 bits per heavy atom. The summed E-state index contributed by atoms with van der Waals surface area (Å²) in [6.07, 6.45) is 0.589. The predicted octanol–water partition coefficient (Wildman–Crippen LogP) is 4.50. The van der Waals surface area contributed by atoms with E-state index in [0.717, 1.165) is 4.68 Å². The normalized spacial score (nSPS) is 12.1. The number of aromatic nitrogens is 2. The third kappa shape index (κ3) is 5.42. The van der Waals surface area contributed by atoms with Crippen molar-refractivity contribution in [1.82, 2.24) is 9.66 Å². The van der Waals surface area contributed by atoms with Crippen LogP contribution in [0.25, 0.3) is 10.9 Å². The Morgan fingerprint density at radius 3 is 2.74 bits per heavy atom. The summed E-state index contributed by atoms with van der Waals surface area (Å²) in [6.45, 7) is 5.00. The first-order valence-electron chi connectivity index (χ1n) is 10.2. The molecule has 1 aromatic heterocycles. The lowest BCUT2D eigenvalue weighted by Gasteiger charge is -2.14. The highest BCUT2D eigenvalue weighted by Crippen LogP contribution is 2.36. The van der Waals surface area contributed by atoms with E-state index in [2.05, 4.69) is 26.0 Å². The number of halogens is 2. The molecule has 0 fully saturated rings. The maximum atomic E-state index is 13.0. The Kier molecular flexibility index (Phi) is 8.00. The zero-order chi connectivity index (χ0) is 25.0. The van der Waals surface area contributed by atoms with Crippen LogP contribution in [0.2, 0.25) is 5.02 Å². The molecule has 1 atom stereocenters. The van der Waals surface area contributed by atoms with E-state index in [-0.39, 0.29) is 28.5 Å². The Hall–Kier alpha value is -3.31. The van der Waals surface area contributed by atoms with Crippen molar-refractivity contribution in [3.8, 4) is 5.75 Å². The first kappa shape index (κ1) is 25.3. The molecule has 0 aliphatic carbocycles. The number of nitro groups is 1. The largest absolute Gasteiger partial charge is 0.471 e. The SMILES string of the molecule is CCOC(=O)[C@@H](C)Oc1c(Cl)cc(C=Nn2c(CC)nc3ccc(Br)cc3c2=O)cc1[N+](=O)[O-]. The van der Waals surface area contributed by atoms with Crippen LogP contribution in [0.15, 0.2) is 44.7 Å². The molecule has 0 unspecified atom stereocenters. The molecule has 10 nitrogen and oxygen atoms in total. The Bertz CT molecular complexity index is 1360. The summed E-state index contributed by atoms with van der Waals surface area (Å²) < 4.78 is 12.1. The quantitative estimate of drug-likeness (QED) is 0.175. The van der Waals surface area contributed by atoms with E-state index in [9.17, 15) is 19.7 Å².